The van der Waals surface area contributed by atoms with Crippen LogP contribution >= 0.6 is 0 Å². The number of unbranched alkanes of at least 4 members (excludes halogenated alkanes) is 1. The Balaban J connectivity index is 0.00000242. The van der Waals surface area contributed by atoms with Crippen molar-refractivity contribution in [3.05, 3.63) is 60.7 Å². The Morgan fingerprint density at radius 2 is 1.32 bits per heavy atom. The molecular weight excluding hydrogens is 363 g/mol. The SMILES string of the molecule is CCCCC(=N\c1ccccc1)/C(C)=N/c1ccccc1.[Pd]. The number of rotatable bonds is 6. The van der Waals surface area contributed by atoms with Crippen molar-refractivity contribution in [1.29, 1.82) is 0 Å². The normalized spacial score (nSPS) is 11.9. The number of nitrogens with zero attached hydrogens (tertiary/aromatic N) is 2. The van der Waals surface area contributed by atoms with Crippen LogP contribution in [0.4, 0.5) is 11.4 Å². The van der Waals surface area contributed by atoms with Crippen LogP contribution in [0.15, 0.2) is 70.6 Å². The van der Waals surface area contributed by atoms with Gasteiger partial charge in [0.05, 0.1) is 22.8 Å². The molecule has 0 N–H and O–H groups in total. The fourth-order valence-corrected chi connectivity index (χ4v) is 2.08. The fraction of sp³-hybridized carbons (Fsp3) is 0.263. The first-order valence-electron chi connectivity index (χ1n) is 7.53. The third kappa shape index (κ3) is 6.05. The quantitative estimate of drug-likeness (QED) is 0.448. The van der Waals surface area contributed by atoms with Gasteiger partial charge in [0.2, 0.25) is 0 Å². The molecule has 0 aliphatic carbocycles. The molecular formula is C19H22N2Pd. The molecule has 2 aromatic carbocycles. The van der Waals surface area contributed by atoms with Gasteiger partial charge >= 0.3 is 0 Å². The van der Waals surface area contributed by atoms with Crippen molar-refractivity contribution in [2.45, 2.75) is 33.1 Å². The van der Waals surface area contributed by atoms with Crippen LogP contribution in [0.1, 0.15) is 33.1 Å². The van der Waals surface area contributed by atoms with Crippen molar-refractivity contribution in [2.75, 3.05) is 0 Å². The molecule has 0 atom stereocenters. The summed E-state index contributed by atoms with van der Waals surface area (Å²) in [7, 11) is 0. The van der Waals surface area contributed by atoms with E-state index in [1.165, 1.54) is 0 Å². The van der Waals surface area contributed by atoms with E-state index in [0.29, 0.717) is 0 Å². The second-order valence-electron chi connectivity index (χ2n) is 5.03. The summed E-state index contributed by atoms with van der Waals surface area (Å²) in [6.45, 7) is 4.24. The molecule has 3 heteroatoms. The van der Waals surface area contributed by atoms with Crippen molar-refractivity contribution in [3.63, 3.8) is 0 Å². The molecule has 2 aromatic rings. The van der Waals surface area contributed by atoms with Gasteiger partial charge in [-0.3, -0.25) is 9.98 Å². The molecule has 0 saturated carbocycles. The summed E-state index contributed by atoms with van der Waals surface area (Å²) < 4.78 is 0. The van der Waals surface area contributed by atoms with Crippen molar-refractivity contribution in [1.82, 2.24) is 0 Å². The van der Waals surface area contributed by atoms with Gasteiger partial charge in [-0.05, 0) is 44.0 Å². The summed E-state index contributed by atoms with van der Waals surface area (Å²) >= 11 is 0. The maximum Gasteiger partial charge on any atom is 0.0633 e. The molecule has 0 aromatic heterocycles. The number of hydrogen-bond donors (Lipinski definition) is 0. The average molecular weight is 385 g/mol. The molecule has 118 valence electrons. The molecule has 2 nitrogen and oxygen atoms in total. The molecule has 0 amide bonds. The van der Waals surface area contributed by atoms with Crippen molar-refractivity contribution < 1.29 is 20.4 Å². The van der Waals surface area contributed by atoms with Gasteiger partial charge in [-0.2, -0.15) is 0 Å². The third-order valence-electron chi connectivity index (χ3n) is 3.26. The molecule has 0 saturated heterocycles. The van der Waals surface area contributed by atoms with E-state index in [1.54, 1.807) is 0 Å². The summed E-state index contributed by atoms with van der Waals surface area (Å²) in [5.41, 5.74) is 4.05. The molecule has 0 bridgehead atoms. The largest absolute Gasteiger partial charge is 0.252 e. The van der Waals surface area contributed by atoms with Crippen LogP contribution in [0.2, 0.25) is 0 Å². The van der Waals surface area contributed by atoms with Gasteiger partial charge in [0.1, 0.15) is 0 Å². The van der Waals surface area contributed by atoms with Gasteiger partial charge < -0.3 is 0 Å². The molecule has 0 aliphatic heterocycles. The number of benzene rings is 2. The van der Waals surface area contributed by atoms with Gasteiger partial charge in [-0.15, -0.1) is 0 Å². The van der Waals surface area contributed by atoms with Crippen LogP contribution in [-0.4, -0.2) is 11.4 Å². The average Bonchev–Trinajstić information content (AvgIpc) is 2.53. The standard InChI is InChI=1S/C19H22N2.Pd/c1-3-4-15-19(21-18-13-9-6-10-14-18)16(2)20-17-11-7-5-8-12-17;/h5-14H,3-4,15H2,1-2H3;/b20-16+,21-19+;. The van der Waals surface area contributed by atoms with Crippen LogP contribution in [0.25, 0.3) is 0 Å². The van der Waals surface area contributed by atoms with Crippen molar-refractivity contribution in [3.8, 4) is 0 Å². The Bertz CT molecular complexity index is 604. The van der Waals surface area contributed by atoms with E-state index >= 15 is 0 Å². The monoisotopic (exact) mass is 384 g/mol. The smallest absolute Gasteiger partial charge is 0.0633 e. The van der Waals surface area contributed by atoms with Crippen molar-refractivity contribution in [2.24, 2.45) is 9.98 Å². The first-order chi connectivity index (χ1) is 10.3. The molecule has 0 heterocycles. The van der Waals surface area contributed by atoms with E-state index < -0.39 is 0 Å². The van der Waals surface area contributed by atoms with Crippen LogP contribution < -0.4 is 0 Å². The van der Waals surface area contributed by atoms with E-state index in [0.717, 1.165) is 42.1 Å². The number of hydrogen-bond acceptors (Lipinski definition) is 2. The van der Waals surface area contributed by atoms with E-state index in [1.807, 2.05) is 67.6 Å². The zero-order valence-corrected chi connectivity index (χ0v) is 14.7. The second kappa shape index (κ2) is 10.2. The van der Waals surface area contributed by atoms with Gasteiger partial charge in [-0.25, -0.2) is 0 Å². The van der Waals surface area contributed by atoms with Gasteiger partial charge in [0.25, 0.3) is 0 Å². The zero-order chi connectivity index (χ0) is 14.9. The molecule has 22 heavy (non-hydrogen) atoms. The maximum atomic E-state index is 4.78. The second-order valence-corrected chi connectivity index (χ2v) is 5.03. The molecule has 2 rings (SSSR count). The Labute approximate surface area is 147 Å². The van der Waals surface area contributed by atoms with Crippen LogP contribution in [-0.2, 0) is 20.4 Å². The van der Waals surface area contributed by atoms with Crippen LogP contribution in [0.5, 0.6) is 0 Å². The van der Waals surface area contributed by atoms with E-state index in [2.05, 4.69) is 6.92 Å². The summed E-state index contributed by atoms with van der Waals surface area (Å²) in [6, 6.07) is 20.1. The topological polar surface area (TPSA) is 24.7 Å². The van der Waals surface area contributed by atoms with E-state index in [4.69, 9.17) is 9.98 Å². The summed E-state index contributed by atoms with van der Waals surface area (Å²) in [5.74, 6) is 0. The minimum absolute atomic E-state index is 0. The molecule has 0 aliphatic rings. The summed E-state index contributed by atoms with van der Waals surface area (Å²) in [5, 5.41) is 0. The number of aliphatic imine (C=N–C) groups is 2. The van der Waals surface area contributed by atoms with Crippen molar-refractivity contribution >= 4 is 22.8 Å². The Hall–Kier alpha value is -1.56. The van der Waals surface area contributed by atoms with Gasteiger partial charge in [-0.1, -0.05) is 49.7 Å². The summed E-state index contributed by atoms with van der Waals surface area (Å²) in [4.78, 5) is 9.47. The van der Waals surface area contributed by atoms with Crippen LogP contribution in [0.3, 0.4) is 0 Å². The van der Waals surface area contributed by atoms with Gasteiger partial charge in [0.15, 0.2) is 0 Å². The molecule has 0 fully saturated rings. The fourth-order valence-electron chi connectivity index (χ4n) is 2.08. The molecule has 0 radical (unpaired) electrons. The van der Waals surface area contributed by atoms with Gasteiger partial charge in [0, 0.05) is 20.4 Å². The Morgan fingerprint density at radius 3 is 1.82 bits per heavy atom. The third-order valence-corrected chi connectivity index (χ3v) is 3.26. The first kappa shape index (κ1) is 18.5. The predicted octanol–water partition coefficient (Wildman–Crippen LogP) is 5.74. The van der Waals surface area contributed by atoms with Crippen LogP contribution in [0, 0.1) is 0 Å². The van der Waals surface area contributed by atoms with E-state index in [9.17, 15) is 0 Å². The maximum absolute atomic E-state index is 4.78. The molecule has 0 unspecified atom stereocenters. The number of para-hydroxylation sites is 2. The van der Waals surface area contributed by atoms with E-state index in [-0.39, 0.29) is 20.4 Å². The minimum Gasteiger partial charge on any atom is -0.252 e. The first-order valence-corrected chi connectivity index (χ1v) is 7.53. The minimum atomic E-state index is 0. The Kier molecular flexibility index (Phi) is 8.59. The Morgan fingerprint density at radius 1 is 0.818 bits per heavy atom. The summed E-state index contributed by atoms with van der Waals surface area (Å²) in [6.07, 6.45) is 3.26. The predicted molar refractivity (Wildman–Crippen MR) is 92.3 cm³/mol. The zero-order valence-electron chi connectivity index (χ0n) is 13.1. The molecule has 0 spiro atoms.